The van der Waals surface area contributed by atoms with Crippen molar-refractivity contribution in [3.05, 3.63) is 46.5 Å². The lowest BCUT2D eigenvalue weighted by Gasteiger charge is -2.10. The van der Waals surface area contributed by atoms with E-state index in [2.05, 4.69) is 29.1 Å². The van der Waals surface area contributed by atoms with Gasteiger partial charge < -0.3 is 9.73 Å². The summed E-state index contributed by atoms with van der Waals surface area (Å²) >= 11 is 1.76. The number of furan rings is 1. The molecule has 1 unspecified atom stereocenters. The lowest BCUT2D eigenvalue weighted by Crippen LogP contribution is -2.18. The predicted octanol–water partition coefficient (Wildman–Crippen LogP) is 3.23. The van der Waals surface area contributed by atoms with Crippen LogP contribution in [0.4, 0.5) is 0 Å². The number of hydrogen-bond donors (Lipinski definition) is 1. The zero-order valence-corrected chi connectivity index (χ0v) is 9.59. The van der Waals surface area contributed by atoms with Crippen molar-refractivity contribution in [3.63, 3.8) is 0 Å². The lowest BCUT2D eigenvalue weighted by molar-refractivity contribution is 0.557. The van der Waals surface area contributed by atoms with E-state index in [4.69, 9.17) is 4.42 Å². The van der Waals surface area contributed by atoms with Crippen molar-refractivity contribution in [2.24, 2.45) is 0 Å². The van der Waals surface area contributed by atoms with Crippen molar-refractivity contribution in [2.75, 3.05) is 6.54 Å². The highest BCUT2D eigenvalue weighted by atomic mass is 32.1. The molecular weight excluding hydrogens is 206 g/mol. The molecule has 0 radical (unpaired) electrons. The molecule has 0 saturated heterocycles. The minimum Gasteiger partial charge on any atom is -0.472 e. The van der Waals surface area contributed by atoms with Crippen LogP contribution in [-0.4, -0.2) is 6.54 Å². The summed E-state index contributed by atoms with van der Waals surface area (Å²) in [5, 5.41) is 7.76. The molecule has 2 heterocycles. The molecule has 2 aromatic heterocycles. The first-order valence-corrected chi connectivity index (χ1v) is 6.04. The molecule has 2 rings (SSSR count). The number of nitrogens with one attached hydrogen (secondary N) is 1. The molecule has 0 aliphatic carbocycles. The normalized spacial score (nSPS) is 12.9. The second-order valence-corrected chi connectivity index (χ2v) is 4.50. The van der Waals surface area contributed by atoms with Crippen LogP contribution in [0.1, 0.15) is 24.0 Å². The van der Waals surface area contributed by atoms with E-state index in [1.807, 2.05) is 6.07 Å². The van der Waals surface area contributed by atoms with Gasteiger partial charge in [-0.1, -0.05) is 6.92 Å². The van der Waals surface area contributed by atoms with Crippen LogP contribution in [0.3, 0.4) is 0 Å². The Morgan fingerprint density at radius 1 is 1.47 bits per heavy atom. The van der Waals surface area contributed by atoms with Crippen LogP contribution in [0.2, 0.25) is 0 Å². The Morgan fingerprint density at radius 2 is 2.40 bits per heavy atom. The monoisotopic (exact) mass is 221 g/mol. The topological polar surface area (TPSA) is 25.2 Å². The van der Waals surface area contributed by atoms with Crippen molar-refractivity contribution in [1.82, 2.24) is 5.32 Å². The molecule has 1 N–H and O–H groups in total. The second kappa shape index (κ2) is 5.14. The molecule has 1 atom stereocenters. The minimum atomic E-state index is 0.572. The maximum absolute atomic E-state index is 5.01. The first kappa shape index (κ1) is 10.5. The van der Waals surface area contributed by atoms with E-state index in [9.17, 15) is 0 Å². The Bertz CT molecular complexity index is 366. The van der Waals surface area contributed by atoms with Gasteiger partial charge in [-0.2, -0.15) is 11.3 Å². The summed E-state index contributed by atoms with van der Waals surface area (Å²) in [5.41, 5.74) is 2.62. The first-order valence-electron chi connectivity index (χ1n) is 5.10. The maximum Gasteiger partial charge on any atom is 0.0947 e. The summed E-state index contributed by atoms with van der Waals surface area (Å²) in [6.45, 7) is 4.12. The fourth-order valence-electron chi connectivity index (χ4n) is 1.50. The third-order valence-corrected chi connectivity index (χ3v) is 3.17. The summed E-state index contributed by atoms with van der Waals surface area (Å²) in [4.78, 5) is 0. The van der Waals surface area contributed by atoms with Gasteiger partial charge in [-0.3, -0.25) is 0 Å². The van der Waals surface area contributed by atoms with Gasteiger partial charge in [0.25, 0.3) is 0 Å². The second-order valence-electron chi connectivity index (χ2n) is 3.72. The molecule has 0 bridgehead atoms. The van der Waals surface area contributed by atoms with Gasteiger partial charge >= 0.3 is 0 Å². The van der Waals surface area contributed by atoms with E-state index < -0.39 is 0 Å². The molecule has 15 heavy (non-hydrogen) atoms. The zero-order chi connectivity index (χ0) is 10.5. The maximum atomic E-state index is 5.01. The van der Waals surface area contributed by atoms with Crippen molar-refractivity contribution >= 4 is 11.3 Å². The third kappa shape index (κ3) is 2.94. The predicted molar refractivity (Wildman–Crippen MR) is 63.1 cm³/mol. The van der Waals surface area contributed by atoms with E-state index in [0.717, 1.165) is 13.1 Å². The molecule has 2 nitrogen and oxygen atoms in total. The summed E-state index contributed by atoms with van der Waals surface area (Å²) < 4.78 is 5.01. The Hall–Kier alpha value is -1.06. The van der Waals surface area contributed by atoms with E-state index in [1.165, 1.54) is 11.1 Å². The molecule has 3 heteroatoms. The molecule has 0 amide bonds. The van der Waals surface area contributed by atoms with E-state index >= 15 is 0 Å². The number of hydrogen-bond acceptors (Lipinski definition) is 3. The number of thiophene rings is 1. The van der Waals surface area contributed by atoms with E-state index in [-0.39, 0.29) is 0 Å². The van der Waals surface area contributed by atoms with Crippen LogP contribution < -0.4 is 5.32 Å². The fraction of sp³-hybridized carbons (Fsp3) is 0.333. The SMILES string of the molecule is CC(CNCc1ccoc1)c1ccsc1. The van der Waals surface area contributed by atoms with Crippen LogP contribution in [0.15, 0.2) is 39.8 Å². The highest BCUT2D eigenvalue weighted by molar-refractivity contribution is 7.07. The van der Waals surface area contributed by atoms with Gasteiger partial charge in [-0.05, 0) is 34.4 Å². The number of rotatable bonds is 5. The van der Waals surface area contributed by atoms with Gasteiger partial charge in [0.05, 0.1) is 12.5 Å². The van der Waals surface area contributed by atoms with Gasteiger partial charge in [0.2, 0.25) is 0 Å². The van der Waals surface area contributed by atoms with Crippen molar-refractivity contribution in [1.29, 1.82) is 0 Å². The Labute approximate surface area is 93.9 Å². The van der Waals surface area contributed by atoms with Crippen LogP contribution >= 0.6 is 11.3 Å². The van der Waals surface area contributed by atoms with Gasteiger partial charge in [0, 0.05) is 18.7 Å². The molecular formula is C12H15NOS. The van der Waals surface area contributed by atoms with Gasteiger partial charge in [-0.15, -0.1) is 0 Å². The Kier molecular flexibility index (Phi) is 3.59. The average Bonchev–Trinajstić information content (AvgIpc) is 2.90. The highest BCUT2D eigenvalue weighted by Crippen LogP contribution is 2.17. The standard InChI is InChI=1S/C12H15NOS/c1-10(12-3-5-15-9-12)6-13-7-11-2-4-14-8-11/h2-5,8-10,13H,6-7H2,1H3. The summed E-state index contributed by atoms with van der Waals surface area (Å²) in [6.07, 6.45) is 3.49. The smallest absolute Gasteiger partial charge is 0.0947 e. The van der Waals surface area contributed by atoms with Crippen molar-refractivity contribution in [3.8, 4) is 0 Å². The van der Waals surface area contributed by atoms with Gasteiger partial charge in [0.1, 0.15) is 0 Å². The highest BCUT2D eigenvalue weighted by Gasteiger charge is 2.04. The summed E-state index contributed by atoms with van der Waals surface area (Å²) in [5.74, 6) is 0.572. The van der Waals surface area contributed by atoms with E-state index in [0.29, 0.717) is 5.92 Å². The van der Waals surface area contributed by atoms with E-state index in [1.54, 1.807) is 23.9 Å². The largest absolute Gasteiger partial charge is 0.472 e. The average molecular weight is 221 g/mol. The molecule has 0 fully saturated rings. The molecule has 0 aliphatic rings. The third-order valence-electron chi connectivity index (χ3n) is 2.47. The first-order chi connectivity index (χ1) is 7.36. The van der Waals surface area contributed by atoms with Crippen LogP contribution in [0.25, 0.3) is 0 Å². The molecule has 2 aromatic rings. The van der Waals surface area contributed by atoms with Crippen molar-refractivity contribution < 1.29 is 4.42 Å². The Balaban J connectivity index is 1.74. The van der Waals surface area contributed by atoms with Crippen molar-refractivity contribution in [2.45, 2.75) is 19.4 Å². The minimum absolute atomic E-state index is 0.572. The summed E-state index contributed by atoms with van der Waals surface area (Å²) in [7, 11) is 0. The molecule has 0 aliphatic heterocycles. The van der Waals surface area contributed by atoms with Gasteiger partial charge in [0.15, 0.2) is 0 Å². The van der Waals surface area contributed by atoms with Crippen LogP contribution in [0, 0.1) is 0 Å². The lowest BCUT2D eigenvalue weighted by atomic mass is 10.1. The van der Waals surface area contributed by atoms with Gasteiger partial charge in [-0.25, -0.2) is 0 Å². The molecule has 0 saturated carbocycles. The molecule has 0 spiro atoms. The van der Waals surface area contributed by atoms with Crippen LogP contribution in [-0.2, 0) is 6.54 Å². The zero-order valence-electron chi connectivity index (χ0n) is 8.77. The molecule has 0 aromatic carbocycles. The fourth-order valence-corrected chi connectivity index (χ4v) is 2.28. The quantitative estimate of drug-likeness (QED) is 0.838. The molecule has 80 valence electrons. The summed E-state index contributed by atoms with van der Waals surface area (Å²) in [6, 6.07) is 4.18. The van der Waals surface area contributed by atoms with Crippen LogP contribution in [0.5, 0.6) is 0 Å². The Morgan fingerprint density at radius 3 is 3.07 bits per heavy atom.